The lowest BCUT2D eigenvalue weighted by Crippen LogP contribution is -2.32. The van der Waals surface area contributed by atoms with Gasteiger partial charge < -0.3 is 15.0 Å². The third-order valence-electron chi connectivity index (χ3n) is 6.85. The normalized spacial score (nSPS) is 22.7. The van der Waals surface area contributed by atoms with Gasteiger partial charge in [0.1, 0.15) is 5.75 Å². The molecule has 0 unspecified atom stereocenters. The molecule has 1 N–H and O–H groups in total. The summed E-state index contributed by atoms with van der Waals surface area (Å²) in [6, 6.07) is 20.3. The second kappa shape index (κ2) is 11.5. The maximum Gasteiger partial charge on any atom is 0.119 e. The van der Waals surface area contributed by atoms with Crippen molar-refractivity contribution in [3.8, 4) is 5.75 Å². The van der Waals surface area contributed by atoms with E-state index in [1.165, 1.54) is 75.7 Å². The summed E-state index contributed by atoms with van der Waals surface area (Å²) in [6.45, 7) is 5.55. The molecule has 0 aromatic heterocycles. The molecule has 0 bridgehead atoms. The highest BCUT2D eigenvalue weighted by atomic mass is 16.5. The lowest BCUT2D eigenvalue weighted by atomic mass is 9.81. The van der Waals surface area contributed by atoms with Gasteiger partial charge in [0.05, 0.1) is 6.61 Å². The van der Waals surface area contributed by atoms with E-state index in [1.54, 1.807) is 0 Å². The van der Waals surface area contributed by atoms with Crippen LogP contribution >= 0.6 is 0 Å². The molecule has 2 fully saturated rings. The summed E-state index contributed by atoms with van der Waals surface area (Å²) in [7, 11) is 0. The number of piperidine rings is 1. The zero-order valence-electron chi connectivity index (χ0n) is 18.4. The molecule has 0 amide bonds. The average molecular weight is 407 g/mol. The zero-order valence-corrected chi connectivity index (χ0v) is 18.4. The number of rotatable bonds is 9. The largest absolute Gasteiger partial charge is 0.494 e. The Morgan fingerprint density at radius 3 is 2.30 bits per heavy atom. The van der Waals surface area contributed by atoms with Gasteiger partial charge >= 0.3 is 0 Å². The predicted octanol–water partition coefficient (Wildman–Crippen LogP) is 5.76. The van der Waals surface area contributed by atoms with Crippen molar-refractivity contribution in [1.82, 2.24) is 10.2 Å². The second-order valence-corrected chi connectivity index (χ2v) is 9.09. The van der Waals surface area contributed by atoms with E-state index in [1.807, 2.05) is 0 Å². The van der Waals surface area contributed by atoms with Crippen molar-refractivity contribution in [3.63, 3.8) is 0 Å². The molecular weight excluding hydrogens is 368 g/mol. The van der Waals surface area contributed by atoms with Gasteiger partial charge in [0.2, 0.25) is 0 Å². The summed E-state index contributed by atoms with van der Waals surface area (Å²) in [5.41, 5.74) is 2.86. The summed E-state index contributed by atoms with van der Waals surface area (Å²) >= 11 is 0. The van der Waals surface area contributed by atoms with Crippen LogP contribution in [0.1, 0.15) is 68.4 Å². The van der Waals surface area contributed by atoms with Crippen LogP contribution in [-0.2, 0) is 6.54 Å². The van der Waals surface area contributed by atoms with Crippen molar-refractivity contribution < 1.29 is 4.74 Å². The van der Waals surface area contributed by atoms with Crippen LogP contribution in [0.4, 0.5) is 0 Å². The quantitative estimate of drug-likeness (QED) is 0.536. The highest BCUT2D eigenvalue weighted by molar-refractivity contribution is 5.29. The van der Waals surface area contributed by atoms with Crippen LogP contribution in [0.5, 0.6) is 5.75 Å². The fourth-order valence-corrected chi connectivity index (χ4v) is 4.99. The van der Waals surface area contributed by atoms with E-state index in [4.69, 9.17) is 4.74 Å². The molecule has 0 atom stereocenters. The molecule has 1 saturated heterocycles. The van der Waals surface area contributed by atoms with Crippen molar-refractivity contribution in [3.05, 3.63) is 65.7 Å². The van der Waals surface area contributed by atoms with Crippen molar-refractivity contribution >= 4 is 0 Å². The third-order valence-corrected chi connectivity index (χ3v) is 6.85. The summed E-state index contributed by atoms with van der Waals surface area (Å²) in [5, 5.41) is 3.75. The SMILES string of the molecule is c1ccc(CNC2CCC(c3ccc(OCCCN4CCCCC4)cc3)CC2)cc1. The molecule has 3 heteroatoms. The molecule has 0 spiro atoms. The van der Waals surface area contributed by atoms with Crippen LogP contribution in [0.15, 0.2) is 54.6 Å². The lowest BCUT2D eigenvalue weighted by Gasteiger charge is -2.29. The molecular formula is C27H38N2O. The van der Waals surface area contributed by atoms with Crippen LogP contribution in [-0.4, -0.2) is 37.2 Å². The summed E-state index contributed by atoms with van der Waals surface area (Å²) in [4.78, 5) is 2.58. The monoisotopic (exact) mass is 406 g/mol. The van der Waals surface area contributed by atoms with Gasteiger partial charge in [0.25, 0.3) is 0 Å². The zero-order chi connectivity index (χ0) is 20.4. The molecule has 2 aliphatic rings. The molecule has 1 saturated carbocycles. The number of likely N-dealkylation sites (tertiary alicyclic amines) is 1. The summed E-state index contributed by atoms with van der Waals surface area (Å²) < 4.78 is 5.99. The maximum atomic E-state index is 5.99. The Morgan fingerprint density at radius 2 is 1.57 bits per heavy atom. The van der Waals surface area contributed by atoms with E-state index in [-0.39, 0.29) is 0 Å². The first-order valence-corrected chi connectivity index (χ1v) is 12.1. The highest BCUT2D eigenvalue weighted by Gasteiger charge is 2.22. The number of benzene rings is 2. The fraction of sp³-hybridized carbons (Fsp3) is 0.556. The van der Waals surface area contributed by atoms with Crippen molar-refractivity contribution in [2.45, 2.75) is 69.9 Å². The minimum absolute atomic E-state index is 0.656. The Hall–Kier alpha value is -1.84. The minimum atomic E-state index is 0.656. The van der Waals surface area contributed by atoms with Gasteiger partial charge in [-0.2, -0.15) is 0 Å². The molecule has 1 aliphatic carbocycles. The predicted molar refractivity (Wildman–Crippen MR) is 125 cm³/mol. The Labute approximate surface area is 182 Å². The van der Waals surface area contributed by atoms with E-state index in [0.717, 1.165) is 25.3 Å². The standard InChI is InChI=1S/C27H38N2O/c1-3-8-23(9-4-1)22-28-26-14-10-24(11-15-26)25-12-16-27(17-13-25)30-21-7-20-29-18-5-2-6-19-29/h1,3-4,8-9,12-13,16-17,24,26,28H,2,5-7,10-11,14-15,18-22H2. The van der Waals surface area contributed by atoms with E-state index >= 15 is 0 Å². The highest BCUT2D eigenvalue weighted by Crippen LogP contribution is 2.33. The lowest BCUT2D eigenvalue weighted by molar-refractivity contribution is 0.205. The number of nitrogens with one attached hydrogen (secondary N) is 1. The fourth-order valence-electron chi connectivity index (χ4n) is 4.99. The molecule has 1 aliphatic heterocycles. The summed E-state index contributed by atoms with van der Waals surface area (Å²) in [5.74, 6) is 1.73. The minimum Gasteiger partial charge on any atom is -0.494 e. The number of nitrogens with zero attached hydrogens (tertiary/aromatic N) is 1. The second-order valence-electron chi connectivity index (χ2n) is 9.09. The summed E-state index contributed by atoms with van der Waals surface area (Å²) in [6.07, 6.45) is 10.4. The van der Waals surface area contributed by atoms with E-state index < -0.39 is 0 Å². The van der Waals surface area contributed by atoms with Crippen molar-refractivity contribution in [2.75, 3.05) is 26.2 Å². The van der Waals surface area contributed by atoms with Gasteiger partial charge in [-0.25, -0.2) is 0 Å². The first kappa shape index (κ1) is 21.4. The first-order valence-electron chi connectivity index (χ1n) is 12.1. The Balaban J connectivity index is 1.14. The van der Waals surface area contributed by atoms with Crippen LogP contribution in [0.3, 0.4) is 0 Å². The molecule has 162 valence electrons. The molecule has 1 heterocycles. The van der Waals surface area contributed by atoms with E-state index in [9.17, 15) is 0 Å². The molecule has 0 radical (unpaired) electrons. The van der Waals surface area contributed by atoms with Crippen LogP contribution in [0, 0.1) is 0 Å². The van der Waals surface area contributed by atoms with Gasteiger partial charge in [0.15, 0.2) is 0 Å². The maximum absolute atomic E-state index is 5.99. The van der Waals surface area contributed by atoms with Crippen molar-refractivity contribution in [2.24, 2.45) is 0 Å². The first-order chi connectivity index (χ1) is 14.9. The van der Waals surface area contributed by atoms with Gasteiger partial charge in [-0.05, 0) is 87.2 Å². The Morgan fingerprint density at radius 1 is 0.833 bits per heavy atom. The topological polar surface area (TPSA) is 24.5 Å². The molecule has 4 rings (SSSR count). The third kappa shape index (κ3) is 6.58. The smallest absolute Gasteiger partial charge is 0.119 e. The molecule has 2 aromatic carbocycles. The van der Waals surface area contributed by atoms with E-state index in [2.05, 4.69) is 64.8 Å². The van der Waals surface area contributed by atoms with Gasteiger partial charge in [-0.3, -0.25) is 0 Å². The van der Waals surface area contributed by atoms with Crippen LogP contribution in [0.2, 0.25) is 0 Å². The molecule has 2 aromatic rings. The number of hydrogen-bond acceptors (Lipinski definition) is 3. The van der Waals surface area contributed by atoms with Crippen LogP contribution in [0.25, 0.3) is 0 Å². The van der Waals surface area contributed by atoms with Gasteiger partial charge in [-0.15, -0.1) is 0 Å². The molecule has 3 nitrogen and oxygen atoms in total. The molecule has 30 heavy (non-hydrogen) atoms. The van der Waals surface area contributed by atoms with Gasteiger partial charge in [0, 0.05) is 19.1 Å². The van der Waals surface area contributed by atoms with Gasteiger partial charge in [-0.1, -0.05) is 48.9 Å². The number of ether oxygens (including phenoxy) is 1. The van der Waals surface area contributed by atoms with E-state index in [0.29, 0.717) is 12.0 Å². The average Bonchev–Trinajstić information content (AvgIpc) is 2.83. The van der Waals surface area contributed by atoms with Crippen LogP contribution < -0.4 is 10.1 Å². The van der Waals surface area contributed by atoms with Crippen molar-refractivity contribution in [1.29, 1.82) is 0 Å². The Bertz CT molecular complexity index is 716. The number of hydrogen-bond donors (Lipinski definition) is 1. The Kier molecular flexibility index (Phi) is 8.22.